The van der Waals surface area contributed by atoms with E-state index in [4.69, 9.17) is 16.3 Å². The molecule has 0 radical (unpaired) electrons. The summed E-state index contributed by atoms with van der Waals surface area (Å²) in [6.07, 6.45) is 0. The summed E-state index contributed by atoms with van der Waals surface area (Å²) in [4.78, 5) is 12.8. The Morgan fingerprint density at radius 1 is 1.16 bits per heavy atom. The van der Waals surface area contributed by atoms with E-state index in [1.165, 1.54) is 0 Å². The summed E-state index contributed by atoms with van der Waals surface area (Å²) in [5.74, 6) is 0.186. The Labute approximate surface area is 153 Å². The fraction of sp³-hybridized carbons (Fsp3) is 0.211. The first-order valence-corrected chi connectivity index (χ1v) is 9.30. The molecule has 0 amide bonds. The van der Waals surface area contributed by atoms with Crippen LogP contribution in [0.1, 0.15) is 30.5 Å². The van der Waals surface area contributed by atoms with Gasteiger partial charge in [0.1, 0.15) is 5.76 Å². The van der Waals surface area contributed by atoms with Crippen LogP contribution >= 0.6 is 11.6 Å². The molecule has 0 saturated heterocycles. The molecule has 0 aliphatic carbocycles. The molecule has 1 unspecified atom stereocenters. The SMILES string of the molecule is CC1(C)OC(c2ccc(CS(=O)[O-])cc2Cl)=C(c2ccccc2)C1=O. The van der Waals surface area contributed by atoms with E-state index in [2.05, 4.69) is 0 Å². The largest absolute Gasteiger partial charge is 0.772 e. The van der Waals surface area contributed by atoms with Crippen molar-refractivity contribution in [3.63, 3.8) is 0 Å². The molecule has 130 valence electrons. The highest BCUT2D eigenvalue weighted by molar-refractivity contribution is 7.78. The van der Waals surface area contributed by atoms with Gasteiger partial charge in [-0.15, -0.1) is 0 Å². The van der Waals surface area contributed by atoms with Crippen LogP contribution in [0.2, 0.25) is 5.02 Å². The first-order valence-electron chi connectivity index (χ1n) is 7.68. The molecule has 25 heavy (non-hydrogen) atoms. The van der Waals surface area contributed by atoms with Crippen molar-refractivity contribution >= 4 is 39.8 Å². The van der Waals surface area contributed by atoms with E-state index in [1.54, 1.807) is 32.0 Å². The Hall–Kier alpha value is -1.95. The molecule has 0 saturated carbocycles. The number of ketones is 1. The van der Waals surface area contributed by atoms with Crippen molar-refractivity contribution in [2.24, 2.45) is 0 Å². The molecular formula is C19H16ClO4S-. The third-order valence-corrected chi connectivity index (χ3v) is 4.87. The molecular weight excluding hydrogens is 360 g/mol. The van der Waals surface area contributed by atoms with Crippen LogP contribution in [0, 0.1) is 0 Å². The Bertz CT molecular complexity index is 888. The number of halogens is 1. The molecule has 0 aromatic heterocycles. The number of benzene rings is 2. The zero-order valence-electron chi connectivity index (χ0n) is 13.7. The van der Waals surface area contributed by atoms with Crippen molar-refractivity contribution in [2.75, 3.05) is 0 Å². The second kappa shape index (κ2) is 6.75. The molecule has 1 aliphatic rings. The lowest BCUT2D eigenvalue weighted by Gasteiger charge is -2.18. The van der Waals surface area contributed by atoms with Crippen molar-refractivity contribution in [2.45, 2.75) is 25.2 Å². The maximum Gasteiger partial charge on any atom is 0.210 e. The summed E-state index contributed by atoms with van der Waals surface area (Å²) in [5, 5.41) is 0.344. The first kappa shape index (κ1) is 17.9. The number of ether oxygens (including phenoxy) is 1. The van der Waals surface area contributed by atoms with E-state index < -0.39 is 16.7 Å². The van der Waals surface area contributed by atoms with Crippen molar-refractivity contribution in [1.82, 2.24) is 0 Å². The highest BCUT2D eigenvalue weighted by atomic mass is 35.5. The van der Waals surface area contributed by atoms with Crippen LogP contribution in [0.15, 0.2) is 48.5 Å². The van der Waals surface area contributed by atoms with E-state index in [9.17, 15) is 13.6 Å². The van der Waals surface area contributed by atoms with Gasteiger partial charge < -0.3 is 9.29 Å². The maximum absolute atomic E-state index is 12.8. The average Bonchev–Trinajstić information content (AvgIpc) is 2.78. The lowest BCUT2D eigenvalue weighted by Crippen LogP contribution is -2.29. The van der Waals surface area contributed by atoms with Gasteiger partial charge in [0.05, 0.1) is 10.6 Å². The van der Waals surface area contributed by atoms with Gasteiger partial charge in [-0.2, -0.15) is 0 Å². The average molecular weight is 376 g/mol. The van der Waals surface area contributed by atoms with Crippen LogP contribution in [0.3, 0.4) is 0 Å². The van der Waals surface area contributed by atoms with Gasteiger partial charge in [-0.05, 0) is 37.1 Å². The van der Waals surface area contributed by atoms with Gasteiger partial charge in [-0.1, -0.05) is 59.1 Å². The van der Waals surface area contributed by atoms with Gasteiger partial charge in [0.15, 0.2) is 5.60 Å². The molecule has 2 aromatic carbocycles. The monoisotopic (exact) mass is 375 g/mol. The van der Waals surface area contributed by atoms with Gasteiger partial charge in [-0.3, -0.25) is 9.00 Å². The maximum atomic E-state index is 12.8. The molecule has 1 atom stereocenters. The molecule has 1 heterocycles. The highest BCUT2D eigenvalue weighted by Gasteiger charge is 2.43. The molecule has 1 aliphatic heterocycles. The Balaban J connectivity index is 2.14. The quantitative estimate of drug-likeness (QED) is 0.758. The van der Waals surface area contributed by atoms with Crippen LogP contribution in [0.4, 0.5) is 0 Å². The van der Waals surface area contributed by atoms with E-state index in [0.717, 1.165) is 5.56 Å². The second-order valence-corrected chi connectivity index (χ2v) is 7.58. The normalized spacial score (nSPS) is 17.5. The van der Waals surface area contributed by atoms with E-state index in [0.29, 0.717) is 27.5 Å². The van der Waals surface area contributed by atoms with Gasteiger partial charge >= 0.3 is 0 Å². The van der Waals surface area contributed by atoms with Crippen molar-refractivity contribution in [1.29, 1.82) is 0 Å². The van der Waals surface area contributed by atoms with Crippen molar-refractivity contribution < 1.29 is 18.3 Å². The standard InChI is InChI=1S/C19H17ClO4S/c1-19(2)18(21)16(13-6-4-3-5-7-13)17(24-19)14-9-8-12(10-15(14)20)11-25(22)23/h3-10H,11H2,1-2H3,(H,22,23)/p-1. The topological polar surface area (TPSA) is 66.4 Å². The molecule has 4 nitrogen and oxygen atoms in total. The fourth-order valence-corrected chi connectivity index (χ4v) is 3.52. The molecule has 2 aromatic rings. The zero-order chi connectivity index (χ0) is 18.2. The summed E-state index contributed by atoms with van der Waals surface area (Å²) >= 11 is 4.17. The third-order valence-electron chi connectivity index (χ3n) is 3.98. The fourth-order valence-electron chi connectivity index (χ4n) is 2.78. The van der Waals surface area contributed by atoms with Gasteiger partial charge in [0, 0.05) is 11.3 Å². The number of carbonyl (C=O) groups is 1. The number of hydrogen-bond acceptors (Lipinski definition) is 4. The summed E-state index contributed by atoms with van der Waals surface area (Å²) < 4.78 is 27.7. The minimum atomic E-state index is -2.19. The van der Waals surface area contributed by atoms with Gasteiger partial charge in [0.2, 0.25) is 5.78 Å². The van der Waals surface area contributed by atoms with Gasteiger partial charge in [-0.25, -0.2) is 0 Å². The molecule has 0 bridgehead atoms. The molecule has 0 N–H and O–H groups in total. The van der Waals surface area contributed by atoms with Gasteiger partial charge in [0.25, 0.3) is 0 Å². The van der Waals surface area contributed by atoms with Crippen LogP contribution in [0.5, 0.6) is 0 Å². The third kappa shape index (κ3) is 3.54. The van der Waals surface area contributed by atoms with Crippen LogP contribution in [0.25, 0.3) is 11.3 Å². The van der Waals surface area contributed by atoms with Crippen LogP contribution < -0.4 is 0 Å². The lowest BCUT2D eigenvalue weighted by molar-refractivity contribution is -0.125. The molecule has 6 heteroatoms. The summed E-state index contributed by atoms with van der Waals surface area (Å²) in [6, 6.07) is 14.2. The number of hydrogen-bond donors (Lipinski definition) is 0. The van der Waals surface area contributed by atoms with Crippen LogP contribution in [-0.4, -0.2) is 20.1 Å². The van der Waals surface area contributed by atoms with E-state index in [1.807, 2.05) is 30.3 Å². The zero-order valence-corrected chi connectivity index (χ0v) is 15.3. The Morgan fingerprint density at radius 3 is 2.44 bits per heavy atom. The summed E-state index contributed by atoms with van der Waals surface area (Å²) in [6.45, 7) is 3.43. The molecule has 0 spiro atoms. The van der Waals surface area contributed by atoms with E-state index >= 15 is 0 Å². The first-order chi connectivity index (χ1) is 11.8. The second-order valence-electron chi connectivity index (χ2n) is 6.27. The smallest absolute Gasteiger partial charge is 0.210 e. The summed E-state index contributed by atoms with van der Waals surface area (Å²) in [7, 11) is 0. The van der Waals surface area contributed by atoms with Crippen LogP contribution in [-0.2, 0) is 26.4 Å². The van der Waals surface area contributed by atoms with Crippen molar-refractivity contribution in [3.05, 3.63) is 70.2 Å². The number of Topliss-reactive ketones (excluding diaryl/α,β-unsaturated/α-hetero) is 1. The number of rotatable bonds is 4. The Morgan fingerprint density at radius 2 is 1.84 bits per heavy atom. The number of carbonyl (C=O) groups excluding carboxylic acids is 1. The molecule has 0 fully saturated rings. The van der Waals surface area contributed by atoms with E-state index in [-0.39, 0.29) is 11.5 Å². The predicted molar refractivity (Wildman–Crippen MR) is 97.5 cm³/mol. The van der Waals surface area contributed by atoms with Crippen molar-refractivity contribution in [3.8, 4) is 0 Å². The lowest BCUT2D eigenvalue weighted by atomic mass is 9.92. The minimum Gasteiger partial charge on any atom is -0.772 e. The molecule has 3 rings (SSSR count). The Kier molecular flexibility index (Phi) is 4.82. The summed E-state index contributed by atoms with van der Waals surface area (Å²) in [5.41, 5.74) is 1.40. The minimum absolute atomic E-state index is 0.115. The predicted octanol–water partition coefficient (Wildman–Crippen LogP) is 3.97. The highest BCUT2D eigenvalue weighted by Crippen LogP contribution is 2.43.